The van der Waals surface area contributed by atoms with Crippen LogP contribution < -0.4 is 4.74 Å². The van der Waals surface area contributed by atoms with Gasteiger partial charge in [0.15, 0.2) is 0 Å². The summed E-state index contributed by atoms with van der Waals surface area (Å²) in [6, 6.07) is 10.9. The molecule has 1 aliphatic heterocycles. The minimum absolute atomic E-state index is 0.136. The van der Waals surface area contributed by atoms with Crippen LogP contribution in [0.5, 0.6) is 5.75 Å². The molecule has 3 rings (SSSR count). The first-order valence-corrected chi connectivity index (χ1v) is 7.47. The molecule has 19 heavy (non-hydrogen) atoms. The molecular formula is C17H21NO. The Balaban J connectivity index is 1.70. The van der Waals surface area contributed by atoms with E-state index in [0.717, 1.165) is 31.4 Å². The SMILES string of the molecule is N#CC1(CC2Cc3ccccc3O2)CCCCCC1. The molecule has 1 heterocycles. The number of fused-ring (bicyclic) bond motifs is 1. The van der Waals surface area contributed by atoms with Crippen LogP contribution in [-0.4, -0.2) is 6.10 Å². The summed E-state index contributed by atoms with van der Waals surface area (Å²) in [6.07, 6.45) is 9.16. The molecule has 0 saturated heterocycles. The molecule has 1 aromatic rings. The average Bonchev–Trinajstić information content (AvgIpc) is 2.69. The number of hydrogen-bond acceptors (Lipinski definition) is 2. The van der Waals surface area contributed by atoms with Gasteiger partial charge in [0.1, 0.15) is 11.9 Å². The third-order valence-corrected chi connectivity index (χ3v) is 4.63. The van der Waals surface area contributed by atoms with Gasteiger partial charge in [0.2, 0.25) is 0 Å². The fourth-order valence-electron chi connectivity index (χ4n) is 3.57. The number of rotatable bonds is 2. The standard InChI is InChI=1S/C17H21NO/c18-13-17(9-5-1-2-6-10-17)12-15-11-14-7-3-4-8-16(14)19-15/h3-4,7-8,15H,1-2,5-6,9-12H2. The Morgan fingerprint density at radius 2 is 1.89 bits per heavy atom. The molecule has 0 aromatic heterocycles. The third kappa shape index (κ3) is 2.61. The Morgan fingerprint density at radius 1 is 1.16 bits per heavy atom. The second kappa shape index (κ2) is 5.25. The summed E-state index contributed by atoms with van der Waals surface area (Å²) in [4.78, 5) is 0. The Labute approximate surface area is 115 Å². The van der Waals surface area contributed by atoms with Crippen molar-refractivity contribution in [2.45, 2.75) is 57.5 Å². The van der Waals surface area contributed by atoms with Crippen LogP contribution in [-0.2, 0) is 6.42 Å². The van der Waals surface area contributed by atoms with Gasteiger partial charge in [0, 0.05) is 12.8 Å². The molecular weight excluding hydrogens is 234 g/mol. The number of nitrogens with zero attached hydrogens (tertiary/aromatic N) is 1. The van der Waals surface area contributed by atoms with Crippen LogP contribution in [0.3, 0.4) is 0 Å². The van der Waals surface area contributed by atoms with E-state index in [2.05, 4.69) is 18.2 Å². The zero-order valence-corrected chi connectivity index (χ0v) is 11.4. The summed E-state index contributed by atoms with van der Waals surface area (Å²) < 4.78 is 6.03. The monoisotopic (exact) mass is 255 g/mol. The van der Waals surface area contributed by atoms with E-state index in [4.69, 9.17) is 4.74 Å². The minimum Gasteiger partial charge on any atom is -0.490 e. The van der Waals surface area contributed by atoms with Gasteiger partial charge >= 0.3 is 0 Å². The lowest BCUT2D eigenvalue weighted by Gasteiger charge is -2.27. The van der Waals surface area contributed by atoms with Crippen LogP contribution in [0.1, 0.15) is 50.5 Å². The van der Waals surface area contributed by atoms with Gasteiger partial charge in [-0.1, -0.05) is 43.9 Å². The summed E-state index contributed by atoms with van der Waals surface area (Å²) in [5.74, 6) is 1.02. The van der Waals surface area contributed by atoms with Gasteiger partial charge in [-0.3, -0.25) is 0 Å². The molecule has 2 heteroatoms. The zero-order valence-electron chi connectivity index (χ0n) is 11.4. The van der Waals surface area contributed by atoms with Crippen LogP contribution in [0.15, 0.2) is 24.3 Å². The van der Waals surface area contributed by atoms with Gasteiger partial charge in [0.25, 0.3) is 0 Å². The normalized spacial score (nSPS) is 24.9. The summed E-state index contributed by atoms with van der Waals surface area (Å²) in [7, 11) is 0. The topological polar surface area (TPSA) is 33.0 Å². The van der Waals surface area contributed by atoms with Gasteiger partial charge in [-0.05, 0) is 24.5 Å². The van der Waals surface area contributed by atoms with E-state index in [1.165, 1.54) is 31.2 Å². The molecule has 1 aliphatic carbocycles. The Hall–Kier alpha value is -1.49. The van der Waals surface area contributed by atoms with E-state index >= 15 is 0 Å². The van der Waals surface area contributed by atoms with Crippen molar-refractivity contribution in [3.05, 3.63) is 29.8 Å². The second-order valence-electron chi connectivity index (χ2n) is 6.06. The lowest BCUT2D eigenvalue weighted by atomic mass is 9.76. The molecule has 2 aliphatic rings. The molecule has 100 valence electrons. The fourth-order valence-corrected chi connectivity index (χ4v) is 3.57. The lowest BCUT2D eigenvalue weighted by molar-refractivity contribution is 0.155. The highest BCUT2D eigenvalue weighted by atomic mass is 16.5. The quantitative estimate of drug-likeness (QED) is 0.740. The van der Waals surface area contributed by atoms with Gasteiger partial charge in [-0.25, -0.2) is 0 Å². The first kappa shape index (κ1) is 12.5. The number of benzene rings is 1. The van der Waals surface area contributed by atoms with Crippen molar-refractivity contribution in [1.82, 2.24) is 0 Å². The number of nitriles is 1. The summed E-state index contributed by atoms with van der Waals surface area (Å²) >= 11 is 0. The first-order chi connectivity index (χ1) is 9.31. The second-order valence-corrected chi connectivity index (χ2v) is 6.06. The van der Waals surface area contributed by atoms with Crippen molar-refractivity contribution >= 4 is 0 Å². The van der Waals surface area contributed by atoms with Crippen molar-refractivity contribution in [2.24, 2.45) is 5.41 Å². The maximum absolute atomic E-state index is 9.64. The lowest BCUT2D eigenvalue weighted by Crippen LogP contribution is -2.27. The van der Waals surface area contributed by atoms with Crippen molar-refractivity contribution in [3.63, 3.8) is 0 Å². The van der Waals surface area contributed by atoms with E-state index in [1.54, 1.807) is 0 Å². The molecule has 1 saturated carbocycles. The van der Waals surface area contributed by atoms with Crippen LogP contribution in [0.2, 0.25) is 0 Å². The van der Waals surface area contributed by atoms with E-state index in [0.29, 0.717) is 0 Å². The molecule has 1 atom stereocenters. The Kier molecular flexibility index (Phi) is 3.46. The van der Waals surface area contributed by atoms with Crippen LogP contribution in [0.4, 0.5) is 0 Å². The fraction of sp³-hybridized carbons (Fsp3) is 0.588. The number of hydrogen-bond donors (Lipinski definition) is 0. The molecule has 1 fully saturated rings. The molecule has 0 bridgehead atoms. The number of para-hydroxylation sites is 1. The van der Waals surface area contributed by atoms with Crippen molar-refractivity contribution in [1.29, 1.82) is 5.26 Å². The van der Waals surface area contributed by atoms with E-state index in [1.807, 2.05) is 12.1 Å². The van der Waals surface area contributed by atoms with Gasteiger partial charge in [-0.15, -0.1) is 0 Å². The number of ether oxygens (including phenoxy) is 1. The van der Waals surface area contributed by atoms with E-state index in [-0.39, 0.29) is 11.5 Å². The van der Waals surface area contributed by atoms with Crippen LogP contribution in [0.25, 0.3) is 0 Å². The molecule has 1 unspecified atom stereocenters. The first-order valence-electron chi connectivity index (χ1n) is 7.47. The van der Waals surface area contributed by atoms with Gasteiger partial charge < -0.3 is 4.74 Å². The summed E-state index contributed by atoms with van der Waals surface area (Å²) in [6.45, 7) is 0. The molecule has 0 amide bonds. The Bertz CT molecular complexity index is 455. The van der Waals surface area contributed by atoms with Crippen LogP contribution >= 0.6 is 0 Å². The zero-order chi connectivity index (χ0) is 13.1. The van der Waals surface area contributed by atoms with Gasteiger partial charge in [0.05, 0.1) is 11.5 Å². The largest absolute Gasteiger partial charge is 0.490 e. The van der Waals surface area contributed by atoms with Crippen molar-refractivity contribution in [3.8, 4) is 11.8 Å². The van der Waals surface area contributed by atoms with E-state index in [9.17, 15) is 5.26 Å². The van der Waals surface area contributed by atoms with Crippen LogP contribution in [0, 0.1) is 16.7 Å². The van der Waals surface area contributed by atoms with Crippen molar-refractivity contribution < 1.29 is 4.74 Å². The predicted molar refractivity (Wildman–Crippen MR) is 74.9 cm³/mol. The molecule has 1 aromatic carbocycles. The minimum atomic E-state index is -0.136. The maximum Gasteiger partial charge on any atom is 0.123 e. The molecule has 2 nitrogen and oxygen atoms in total. The summed E-state index contributed by atoms with van der Waals surface area (Å²) in [5.41, 5.74) is 1.16. The third-order valence-electron chi connectivity index (χ3n) is 4.63. The van der Waals surface area contributed by atoms with Crippen molar-refractivity contribution in [2.75, 3.05) is 0 Å². The maximum atomic E-state index is 9.64. The highest BCUT2D eigenvalue weighted by Gasteiger charge is 2.36. The van der Waals surface area contributed by atoms with Gasteiger partial charge in [-0.2, -0.15) is 5.26 Å². The highest BCUT2D eigenvalue weighted by molar-refractivity contribution is 5.37. The average molecular weight is 255 g/mol. The summed E-state index contributed by atoms with van der Waals surface area (Å²) in [5, 5.41) is 9.64. The smallest absolute Gasteiger partial charge is 0.123 e. The Morgan fingerprint density at radius 3 is 2.58 bits per heavy atom. The van der Waals surface area contributed by atoms with E-state index < -0.39 is 0 Å². The molecule has 0 radical (unpaired) electrons. The molecule has 0 N–H and O–H groups in total. The molecule has 0 spiro atoms. The highest BCUT2D eigenvalue weighted by Crippen LogP contribution is 2.41. The predicted octanol–water partition coefficient (Wildman–Crippen LogP) is 4.24.